The summed E-state index contributed by atoms with van der Waals surface area (Å²) >= 11 is 0. The summed E-state index contributed by atoms with van der Waals surface area (Å²) < 4.78 is 8.16. The van der Waals surface area contributed by atoms with E-state index in [1.807, 2.05) is 67.0 Å². The van der Waals surface area contributed by atoms with Crippen LogP contribution in [0.25, 0.3) is 5.65 Å². The Balaban J connectivity index is 1.48. The lowest BCUT2D eigenvalue weighted by Crippen LogP contribution is -2.27. The first-order valence-corrected chi connectivity index (χ1v) is 11.2. The van der Waals surface area contributed by atoms with Gasteiger partial charge in [-0.15, -0.1) is 0 Å². The molecule has 1 fully saturated rings. The standard InChI is InChI=1S/C27H27N3O2/c1-19-8-5-6-11-22(19)23(16-26(31)29-21-13-14-21)24-17-28-27-25(12-7-15-30(24)27)32-18-20-9-3-2-4-10-20/h2-12,15,17,21,23H,13-14,16,18H2,1H3,(H,29,31). The zero-order valence-electron chi connectivity index (χ0n) is 18.2. The Morgan fingerprint density at radius 3 is 2.66 bits per heavy atom. The van der Waals surface area contributed by atoms with Gasteiger partial charge in [0, 0.05) is 30.8 Å². The van der Waals surface area contributed by atoms with Crippen LogP contribution in [0.2, 0.25) is 0 Å². The van der Waals surface area contributed by atoms with Gasteiger partial charge >= 0.3 is 0 Å². The van der Waals surface area contributed by atoms with Gasteiger partial charge in [0.2, 0.25) is 5.91 Å². The third-order valence-corrected chi connectivity index (χ3v) is 6.02. The van der Waals surface area contributed by atoms with Crippen LogP contribution in [0.1, 0.15) is 47.6 Å². The molecule has 2 aromatic heterocycles. The molecule has 0 radical (unpaired) electrons. The van der Waals surface area contributed by atoms with Gasteiger partial charge in [-0.3, -0.25) is 4.79 Å². The van der Waals surface area contributed by atoms with E-state index in [1.165, 1.54) is 5.56 Å². The maximum absolute atomic E-state index is 12.8. The molecule has 5 rings (SSSR count). The number of pyridine rings is 1. The molecule has 0 spiro atoms. The highest BCUT2D eigenvalue weighted by atomic mass is 16.5. The summed E-state index contributed by atoms with van der Waals surface area (Å²) in [5.74, 6) is 0.732. The van der Waals surface area contributed by atoms with Gasteiger partial charge < -0.3 is 14.5 Å². The van der Waals surface area contributed by atoms with Gasteiger partial charge in [-0.05, 0) is 48.6 Å². The van der Waals surface area contributed by atoms with Crippen molar-refractivity contribution < 1.29 is 9.53 Å². The molecule has 1 unspecified atom stereocenters. The minimum atomic E-state index is -0.0886. The molecular weight excluding hydrogens is 398 g/mol. The molecule has 1 aliphatic carbocycles. The number of nitrogens with zero attached hydrogens (tertiary/aromatic N) is 2. The molecule has 0 saturated heterocycles. The summed E-state index contributed by atoms with van der Waals surface area (Å²) in [6.45, 7) is 2.58. The Kier molecular flexibility index (Phi) is 5.63. The third kappa shape index (κ3) is 4.37. The molecule has 2 aromatic carbocycles. The number of hydrogen-bond acceptors (Lipinski definition) is 3. The van der Waals surface area contributed by atoms with Crippen molar-refractivity contribution in [1.82, 2.24) is 14.7 Å². The second kappa shape index (κ2) is 8.87. The van der Waals surface area contributed by atoms with Gasteiger partial charge in [-0.1, -0.05) is 54.6 Å². The second-order valence-corrected chi connectivity index (χ2v) is 8.48. The van der Waals surface area contributed by atoms with Crippen LogP contribution in [-0.4, -0.2) is 21.3 Å². The van der Waals surface area contributed by atoms with Crippen molar-refractivity contribution in [3.05, 3.63) is 102 Å². The molecule has 4 aromatic rings. The predicted molar refractivity (Wildman–Crippen MR) is 125 cm³/mol. The predicted octanol–water partition coefficient (Wildman–Crippen LogP) is 5.02. The summed E-state index contributed by atoms with van der Waals surface area (Å²) in [6, 6.07) is 22.6. The minimum absolute atomic E-state index is 0.0886. The topological polar surface area (TPSA) is 55.6 Å². The van der Waals surface area contributed by atoms with Gasteiger partial charge in [0.05, 0.1) is 5.69 Å². The number of aromatic nitrogens is 2. The smallest absolute Gasteiger partial charge is 0.221 e. The van der Waals surface area contributed by atoms with Crippen LogP contribution in [0, 0.1) is 6.92 Å². The van der Waals surface area contributed by atoms with Gasteiger partial charge in [0.15, 0.2) is 11.4 Å². The van der Waals surface area contributed by atoms with Crippen LogP contribution in [0.5, 0.6) is 5.75 Å². The molecular formula is C27H27N3O2. The maximum Gasteiger partial charge on any atom is 0.221 e. The monoisotopic (exact) mass is 425 g/mol. The molecule has 1 saturated carbocycles. The van der Waals surface area contributed by atoms with Gasteiger partial charge in [-0.25, -0.2) is 4.98 Å². The number of ether oxygens (including phenoxy) is 1. The van der Waals surface area contributed by atoms with Crippen LogP contribution in [0.4, 0.5) is 0 Å². The second-order valence-electron chi connectivity index (χ2n) is 8.48. The van der Waals surface area contributed by atoms with E-state index >= 15 is 0 Å². The number of aryl methyl sites for hydroxylation is 1. The number of benzene rings is 2. The molecule has 0 bridgehead atoms. The number of carbonyl (C=O) groups excluding carboxylic acids is 1. The Labute approximate surface area is 188 Å². The zero-order valence-corrected chi connectivity index (χ0v) is 18.2. The van der Waals surface area contributed by atoms with E-state index in [1.54, 1.807) is 0 Å². The Morgan fingerprint density at radius 2 is 1.88 bits per heavy atom. The quantitative estimate of drug-likeness (QED) is 0.431. The summed E-state index contributed by atoms with van der Waals surface area (Å²) in [5.41, 5.74) is 5.18. The third-order valence-electron chi connectivity index (χ3n) is 6.02. The Hall–Kier alpha value is -3.60. The van der Waals surface area contributed by atoms with Crippen LogP contribution < -0.4 is 10.1 Å². The van der Waals surface area contributed by atoms with Crippen molar-refractivity contribution in [3.8, 4) is 5.75 Å². The van der Waals surface area contributed by atoms with E-state index < -0.39 is 0 Å². The summed E-state index contributed by atoms with van der Waals surface area (Å²) in [4.78, 5) is 17.5. The fraction of sp³-hybridized carbons (Fsp3) is 0.259. The molecule has 0 aliphatic heterocycles. The maximum atomic E-state index is 12.8. The van der Waals surface area contributed by atoms with Crippen molar-refractivity contribution >= 4 is 11.6 Å². The fourth-order valence-electron chi connectivity index (χ4n) is 4.16. The summed E-state index contributed by atoms with van der Waals surface area (Å²) in [5, 5.41) is 3.14. The number of rotatable bonds is 8. The highest BCUT2D eigenvalue weighted by molar-refractivity contribution is 5.78. The van der Waals surface area contributed by atoms with Crippen molar-refractivity contribution in [2.24, 2.45) is 0 Å². The lowest BCUT2D eigenvalue weighted by Gasteiger charge is -2.19. The SMILES string of the molecule is Cc1ccccc1C(CC(=O)NC1CC1)c1cnc2c(OCc3ccccc3)cccn12. The van der Waals surface area contributed by atoms with E-state index in [-0.39, 0.29) is 11.8 Å². The lowest BCUT2D eigenvalue weighted by atomic mass is 9.89. The van der Waals surface area contributed by atoms with Crippen molar-refractivity contribution in [2.75, 3.05) is 0 Å². The number of fused-ring (bicyclic) bond motifs is 1. The average molecular weight is 426 g/mol. The van der Waals surface area contributed by atoms with E-state index in [0.717, 1.165) is 41.1 Å². The van der Waals surface area contributed by atoms with E-state index in [2.05, 4.69) is 28.8 Å². The number of carbonyl (C=O) groups is 1. The zero-order chi connectivity index (χ0) is 21.9. The van der Waals surface area contributed by atoms with Crippen molar-refractivity contribution in [1.29, 1.82) is 0 Å². The normalized spacial score (nSPS) is 14.3. The molecule has 1 N–H and O–H groups in total. The van der Waals surface area contributed by atoms with Gasteiger partial charge in [0.1, 0.15) is 6.61 Å². The molecule has 1 aliphatic rings. The van der Waals surface area contributed by atoms with Gasteiger partial charge in [-0.2, -0.15) is 0 Å². The number of imidazole rings is 1. The molecule has 5 nitrogen and oxygen atoms in total. The average Bonchev–Trinajstić information content (AvgIpc) is 3.52. The van der Waals surface area contributed by atoms with Crippen molar-refractivity contribution in [3.63, 3.8) is 0 Å². The first-order chi connectivity index (χ1) is 15.7. The first kappa shape index (κ1) is 20.3. The van der Waals surface area contributed by atoms with Crippen LogP contribution in [0.15, 0.2) is 79.1 Å². The van der Waals surface area contributed by atoms with Crippen LogP contribution >= 0.6 is 0 Å². The molecule has 1 atom stereocenters. The van der Waals surface area contributed by atoms with Gasteiger partial charge in [0.25, 0.3) is 0 Å². The highest BCUT2D eigenvalue weighted by Gasteiger charge is 2.28. The Morgan fingerprint density at radius 1 is 1.09 bits per heavy atom. The van der Waals surface area contributed by atoms with E-state index in [9.17, 15) is 4.79 Å². The number of nitrogens with one attached hydrogen (secondary N) is 1. The number of hydrogen-bond donors (Lipinski definition) is 1. The Bertz CT molecular complexity index is 1230. The highest BCUT2D eigenvalue weighted by Crippen LogP contribution is 2.33. The summed E-state index contributed by atoms with van der Waals surface area (Å²) in [6.07, 6.45) is 6.44. The van der Waals surface area contributed by atoms with Crippen LogP contribution in [-0.2, 0) is 11.4 Å². The van der Waals surface area contributed by atoms with E-state index in [4.69, 9.17) is 9.72 Å². The van der Waals surface area contributed by atoms with Crippen LogP contribution in [0.3, 0.4) is 0 Å². The number of amides is 1. The largest absolute Gasteiger partial charge is 0.485 e. The fourth-order valence-corrected chi connectivity index (χ4v) is 4.16. The molecule has 1 amide bonds. The van der Waals surface area contributed by atoms with Crippen molar-refractivity contribution in [2.45, 2.75) is 44.8 Å². The molecule has 2 heterocycles. The molecule has 32 heavy (non-hydrogen) atoms. The molecule has 5 heteroatoms. The molecule has 162 valence electrons. The lowest BCUT2D eigenvalue weighted by molar-refractivity contribution is -0.121. The first-order valence-electron chi connectivity index (χ1n) is 11.2. The minimum Gasteiger partial charge on any atom is -0.485 e. The summed E-state index contributed by atoms with van der Waals surface area (Å²) in [7, 11) is 0. The van der Waals surface area contributed by atoms with E-state index in [0.29, 0.717) is 19.1 Å².